The lowest BCUT2D eigenvalue weighted by molar-refractivity contribution is 0.101. The number of piperazine rings is 1. The fourth-order valence-electron chi connectivity index (χ4n) is 4.26. The number of ketones is 1. The predicted octanol–water partition coefficient (Wildman–Crippen LogP) is 4.72. The second-order valence-electron chi connectivity index (χ2n) is 8.10. The molecule has 0 amide bonds. The average molecular weight is 411 g/mol. The highest BCUT2D eigenvalue weighted by molar-refractivity contribution is 5.98. The fraction of sp³-hybridized carbons (Fsp3) is 0.375. The minimum Gasteiger partial charge on any atom is -0.367 e. The van der Waals surface area contributed by atoms with Crippen molar-refractivity contribution in [1.29, 1.82) is 0 Å². The number of carbonyl (C=O) groups excluding carboxylic acids is 1. The molecular weight excluding hydrogens is 384 g/mol. The number of anilines is 1. The topological polar surface area (TPSA) is 28.5 Å². The van der Waals surface area contributed by atoms with Crippen LogP contribution in [0.3, 0.4) is 0 Å². The van der Waals surface area contributed by atoms with Crippen LogP contribution < -0.4 is 4.90 Å². The molecule has 1 unspecified atom stereocenters. The van der Waals surface area contributed by atoms with E-state index >= 15 is 0 Å². The van der Waals surface area contributed by atoms with Crippen molar-refractivity contribution in [3.63, 3.8) is 0 Å². The third kappa shape index (κ3) is 4.24. The lowest BCUT2D eigenvalue weighted by atomic mass is 10.1. The molecule has 0 bridgehead atoms. The largest absolute Gasteiger partial charge is 0.367 e. The summed E-state index contributed by atoms with van der Waals surface area (Å²) in [6, 6.07) is 12.1. The van der Waals surface area contributed by atoms with E-state index < -0.39 is 11.6 Å². The van der Waals surface area contributed by atoms with E-state index in [1.807, 2.05) is 23.1 Å². The van der Waals surface area contributed by atoms with Crippen LogP contribution in [0, 0.1) is 11.6 Å². The third-order valence-corrected chi connectivity index (χ3v) is 6.15. The summed E-state index contributed by atoms with van der Waals surface area (Å²) in [5.74, 6) is -0.958. The SMILES string of the molecule is CC(=O)c1ccc2c(ccn2CCC(C)N2CCN(c3ccc(F)cc3F)CC2)c1. The van der Waals surface area contributed by atoms with Crippen molar-refractivity contribution in [3.8, 4) is 0 Å². The molecule has 2 aromatic carbocycles. The molecule has 1 atom stereocenters. The number of aryl methyl sites for hydroxylation is 1. The van der Waals surface area contributed by atoms with Crippen molar-refractivity contribution in [2.45, 2.75) is 32.9 Å². The maximum atomic E-state index is 14.0. The molecule has 3 aromatic rings. The van der Waals surface area contributed by atoms with Crippen LogP contribution in [0.5, 0.6) is 0 Å². The Bertz CT molecular complexity index is 1050. The van der Waals surface area contributed by atoms with Gasteiger partial charge in [0, 0.05) is 67.5 Å². The van der Waals surface area contributed by atoms with Gasteiger partial charge < -0.3 is 9.47 Å². The summed E-state index contributed by atoms with van der Waals surface area (Å²) in [5, 5.41) is 1.09. The molecule has 6 heteroatoms. The van der Waals surface area contributed by atoms with E-state index in [2.05, 4.69) is 28.7 Å². The Morgan fingerprint density at radius 1 is 1.03 bits per heavy atom. The summed E-state index contributed by atoms with van der Waals surface area (Å²) in [7, 11) is 0. The Morgan fingerprint density at radius 3 is 2.50 bits per heavy atom. The monoisotopic (exact) mass is 411 g/mol. The van der Waals surface area contributed by atoms with Gasteiger partial charge in [-0.2, -0.15) is 0 Å². The molecule has 30 heavy (non-hydrogen) atoms. The molecule has 1 fully saturated rings. The van der Waals surface area contributed by atoms with Crippen LogP contribution in [0.2, 0.25) is 0 Å². The molecule has 1 saturated heterocycles. The molecule has 0 spiro atoms. The highest BCUT2D eigenvalue weighted by Crippen LogP contribution is 2.23. The Labute approximate surface area is 175 Å². The summed E-state index contributed by atoms with van der Waals surface area (Å²) in [6.45, 7) is 7.88. The standard InChI is InChI=1S/C24H27F2N3O/c1-17(7-9-28-10-8-20-15-19(18(2)30)3-5-23(20)28)27-11-13-29(14-12-27)24-6-4-21(25)16-22(24)26/h3-6,8,10,15-17H,7,9,11-14H2,1-2H3. The van der Waals surface area contributed by atoms with E-state index in [1.54, 1.807) is 6.92 Å². The summed E-state index contributed by atoms with van der Waals surface area (Å²) >= 11 is 0. The van der Waals surface area contributed by atoms with E-state index in [4.69, 9.17) is 0 Å². The lowest BCUT2D eigenvalue weighted by Gasteiger charge is -2.39. The van der Waals surface area contributed by atoms with Gasteiger partial charge in [-0.3, -0.25) is 9.69 Å². The number of carbonyl (C=O) groups is 1. The number of fused-ring (bicyclic) bond motifs is 1. The van der Waals surface area contributed by atoms with Crippen molar-refractivity contribution >= 4 is 22.4 Å². The molecule has 0 radical (unpaired) electrons. The average Bonchev–Trinajstić information content (AvgIpc) is 3.14. The molecule has 0 aliphatic carbocycles. The van der Waals surface area contributed by atoms with Gasteiger partial charge in [-0.05, 0) is 56.7 Å². The lowest BCUT2D eigenvalue weighted by Crippen LogP contribution is -2.50. The Balaban J connectivity index is 1.33. The molecule has 4 nitrogen and oxygen atoms in total. The zero-order valence-electron chi connectivity index (χ0n) is 17.4. The molecule has 0 saturated carbocycles. The first-order valence-corrected chi connectivity index (χ1v) is 10.5. The first kappa shape index (κ1) is 20.5. The summed E-state index contributed by atoms with van der Waals surface area (Å²) in [6.07, 6.45) is 3.08. The van der Waals surface area contributed by atoms with Gasteiger partial charge in [0.15, 0.2) is 5.78 Å². The number of nitrogens with zero attached hydrogens (tertiary/aromatic N) is 3. The normalized spacial score (nSPS) is 16.2. The van der Waals surface area contributed by atoms with Crippen LogP contribution in [-0.2, 0) is 6.54 Å². The second kappa shape index (κ2) is 8.56. The van der Waals surface area contributed by atoms with Crippen molar-refractivity contribution in [2.75, 3.05) is 31.1 Å². The van der Waals surface area contributed by atoms with Crippen LogP contribution in [-0.4, -0.2) is 47.5 Å². The summed E-state index contributed by atoms with van der Waals surface area (Å²) < 4.78 is 29.4. The van der Waals surface area contributed by atoms with E-state index in [0.717, 1.165) is 61.7 Å². The summed E-state index contributed by atoms with van der Waals surface area (Å²) in [4.78, 5) is 16.0. The van der Waals surface area contributed by atoms with E-state index in [0.29, 0.717) is 11.7 Å². The maximum absolute atomic E-state index is 14.0. The number of rotatable bonds is 6. The molecule has 2 heterocycles. The van der Waals surface area contributed by atoms with E-state index in [1.165, 1.54) is 12.1 Å². The van der Waals surface area contributed by atoms with Gasteiger partial charge in [0.25, 0.3) is 0 Å². The number of halogens is 2. The molecule has 0 N–H and O–H groups in total. The van der Waals surface area contributed by atoms with Gasteiger partial charge in [0.05, 0.1) is 5.69 Å². The van der Waals surface area contributed by atoms with Crippen LogP contribution in [0.1, 0.15) is 30.6 Å². The quantitative estimate of drug-likeness (QED) is 0.550. The minimum atomic E-state index is -0.543. The van der Waals surface area contributed by atoms with Gasteiger partial charge >= 0.3 is 0 Å². The number of aromatic nitrogens is 1. The van der Waals surface area contributed by atoms with Crippen molar-refractivity contribution < 1.29 is 13.6 Å². The van der Waals surface area contributed by atoms with Gasteiger partial charge in [-0.15, -0.1) is 0 Å². The smallest absolute Gasteiger partial charge is 0.159 e. The van der Waals surface area contributed by atoms with Crippen molar-refractivity contribution in [3.05, 3.63) is 65.9 Å². The predicted molar refractivity (Wildman–Crippen MR) is 116 cm³/mol. The minimum absolute atomic E-state index is 0.0814. The molecule has 158 valence electrons. The van der Waals surface area contributed by atoms with Crippen LogP contribution in [0.4, 0.5) is 14.5 Å². The van der Waals surface area contributed by atoms with E-state index in [-0.39, 0.29) is 5.78 Å². The van der Waals surface area contributed by atoms with E-state index in [9.17, 15) is 13.6 Å². The van der Waals surface area contributed by atoms with Gasteiger partial charge in [0.2, 0.25) is 0 Å². The second-order valence-corrected chi connectivity index (χ2v) is 8.10. The maximum Gasteiger partial charge on any atom is 0.159 e. The number of hydrogen-bond acceptors (Lipinski definition) is 3. The molecule has 1 aliphatic rings. The number of Topliss-reactive ketones (excluding diaryl/α,β-unsaturated/α-hetero) is 1. The first-order chi connectivity index (χ1) is 14.4. The third-order valence-electron chi connectivity index (χ3n) is 6.15. The molecule has 4 rings (SSSR count). The Kier molecular flexibility index (Phi) is 5.86. The number of benzene rings is 2. The fourth-order valence-corrected chi connectivity index (χ4v) is 4.26. The van der Waals surface area contributed by atoms with Gasteiger partial charge in [-0.1, -0.05) is 0 Å². The summed E-state index contributed by atoms with van der Waals surface area (Å²) in [5.41, 5.74) is 2.36. The molecule has 1 aromatic heterocycles. The molecular formula is C24H27F2N3O. The highest BCUT2D eigenvalue weighted by Gasteiger charge is 2.23. The van der Waals surface area contributed by atoms with Crippen molar-refractivity contribution in [2.24, 2.45) is 0 Å². The zero-order valence-corrected chi connectivity index (χ0v) is 17.4. The number of hydrogen-bond donors (Lipinski definition) is 0. The Hall–Kier alpha value is -2.73. The van der Waals surface area contributed by atoms with Crippen LogP contribution >= 0.6 is 0 Å². The zero-order chi connectivity index (χ0) is 21.3. The van der Waals surface area contributed by atoms with Gasteiger partial charge in [0.1, 0.15) is 11.6 Å². The first-order valence-electron chi connectivity index (χ1n) is 10.5. The van der Waals surface area contributed by atoms with Crippen LogP contribution in [0.15, 0.2) is 48.7 Å². The van der Waals surface area contributed by atoms with Crippen molar-refractivity contribution in [1.82, 2.24) is 9.47 Å². The van der Waals surface area contributed by atoms with Crippen LogP contribution in [0.25, 0.3) is 10.9 Å². The van der Waals surface area contributed by atoms with Gasteiger partial charge in [-0.25, -0.2) is 8.78 Å². The Morgan fingerprint density at radius 2 is 1.80 bits per heavy atom. The molecule has 1 aliphatic heterocycles. The highest BCUT2D eigenvalue weighted by atomic mass is 19.1.